The van der Waals surface area contributed by atoms with E-state index < -0.39 is 25.7 Å². The number of rotatable bonds is 1. The smallest absolute Gasteiger partial charge is 0.345 e. The number of hydrogen-bond donors (Lipinski definition) is 1. The van der Waals surface area contributed by atoms with Crippen molar-refractivity contribution >= 4 is 30.8 Å². The van der Waals surface area contributed by atoms with Gasteiger partial charge in [-0.2, -0.15) is 13.2 Å². The number of halogens is 4. The van der Waals surface area contributed by atoms with Gasteiger partial charge in [-0.3, -0.25) is 0 Å². The summed E-state index contributed by atoms with van der Waals surface area (Å²) >= 11 is 0. The second-order valence-corrected chi connectivity index (χ2v) is 5.68. The minimum absolute atomic E-state index is 0.164. The second-order valence-electron chi connectivity index (χ2n) is 3.18. The van der Waals surface area contributed by atoms with Crippen molar-refractivity contribution in [1.82, 2.24) is 9.97 Å². The van der Waals surface area contributed by atoms with Crippen LogP contribution in [0.4, 0.5) is 13.2 Å². The van der Waals surface area contributed by atoms with Gasteiger partial charge in [-0.15, -0.1) is 0 Å². The van der Waals surface area contributed by atoms with Crippen molar-refractivity contribution in [1.29, 1.82) is 0 Å². The molecular formula is C8H4ClF3N2O2S. The van der Waals surface area contributed by atoms with Crippen LogP contribution in [0.1, 0.15) is 5.56 Å². The van der Waals surface area contributed by atoms with Gasteiger partial charge in [0, 0.05) is 10.7 Å². The van der Waals surface area contributed by atoms with Crippen LogP contribution < -0.4 is 0 Å². The highest BCUT2D eigenvalue weighted by Gasteiger charge is 2.38. The van der Waals surface area contributed by atoms with Crippen molar-refractivity contribution in [2.24, 2.45) is 0 Å². The lowest BCUT2D eigenvalue weighted by Gasteiger charge is -2.10. The molecule has 17 heavy (non-hydrogen) atoms. The molecule has 0 radical (unpaired) electrons. The number of aromatic nitrogens is 2. The van der Waals surface area contributed by atoms with Crippen LogP contribution in [-0.2, 0) is 15.2 Å². The van der Waals surface area contributed by atoms with E-state index in [1.807, 2.05) is 0 Å². The van der Waals surface area contributed by atoms with E-state index in [9.17, 15) is 21.6 Å². The maximum absolute atomic E-state index is 12.7. The zero-order chi connectivity index (χ0) is 12.8. The molecule has 0 fully saturated rings. The van der Waals surface area contributed by atoms with Crippen LogP contribution >= 0.6 is 10.7 Å². The molecule has 0 saturated carbocycles. The van der Waals surface area contributed by atoms with Crippen molar-refractivity contribution in [2.75, 3.05) is 0 Å². The third-order valence-electron chi connectivity index (χ3n) is 2.09. The topological polar surface area (TPSA) is 62.8 Å². The number of H-pyrrole nitrogens is 1. The molecule has 0 aliphatic heterocycles. The maximum Gasteiger partial charge on any atom is 0.417 e. The number of benzene rings is 1. The molecule has 4 nitrogen and oxygen atoms in total. The second kappa shape index (κ2) is 3.61. The molecule has 0 unspecified atom stereocenters. The van der Waals surface area contributed by atoms with Gasteiger partial charge < -0.3 is 4.98 Å². The van der Waals surface area contributed by atoms with Gasteiger partial charge in [0.25, 0.3) is 9.05 Å². The molecule has 1 heterocycles. The Hall–Kier alpha value is -1.28. The van der Waals surface area contributed by atoms with Crippen LogP contribution in [-0.4, -0.2) is 18.4 Å². The number of nitrogens with zero attached hydrogens (tertiary/aromatic N) is 1. The Labute approximate surface area is 97.8 Å². The number of aromatic amines is 1. The number of alkyl halides is 3. The predicted molar refractivity (Wildman–Crippen MR) is 54.1 cm³/mol. The molecule has 0 amide bonds. The summed E-state index contributed by atoms with van der Waals surface area (Å²) in [6.45, 7) is 0. The van der Waals surface area contributed by atoms with Gasteiger partial charge in [-0.05, 0) is 12.1 Å². The normalized spacial score (nSPS) is 13.2. The fourth-order valence-corrected chi connectivity index (χ4v) is 2.76. The number of imidazole rings is 1. The third kappa shape index (κ3) is 2.09. The number of hydrogen-bond acceptors (Lipinski definition) is 3. The van der Waals surface area contributed by atoms with E-state index in [4.69, 9.17) is 10.7 Å². The summed E-state index contributed by atoms with van der Waals surface area (Å²) in [5.41, 5.74) is -1.49. The highest BCUT2D eigenvalue weighted by Crippen LogP contribution is 2.38. The van der Waals surface area contributed by atoms with Crippen molar-refractivity contribution in [2.45, 2.75) is 11.1 Å². The highest BCUT2D eigenvalue weighted by atomic mass is 35.7. The molecule has 2 aromatic rings. The van der Waals surface area contributed by atoms with Gasteiger partial charge in [0.15, 0.2) is 0 Å². The SMILES string of the molecule is O=S(=O)(Cl)c1c(C(F)(F)F)ccc2[nH]cnc12. The van der Waals surface area contributed by atoms with Crippen LogP contribution in [0.5, 0.6) is 0 Å². The average molecular weight is 285 g/mol. The Bertz CT molecular complexity index is 678. The van der Waals surface area contributed by atoms with Crippen molar-refractivity contribution in [3.63, 3.8) is 0 Å². The van der Waals surface area contributed by atoms with Crippen LogP contribution in [0.2, 0.25) is 0 Å². The summed E-state index contributed by atoms with van der Waals surface area (Å²) in [5.74, 6) is 0. The zero-order valence-corrected chi connectivity index (χ0v) is 9.49. The standard InChI is InChI=1S/C8H4ClF3N2O2S/c9-17(15,16)7-4(8(10,11)12)1-2-5-6(7)14-3-13-5/h1-3H,(H,13,14). The lowest BCUT2D eigenvalue weighted by atomic mass is 10.2. The van der Waals surface area contributed by atoms with Crippen LogP contribution in [0.3, 0.4) is 0 Å². The molecule has 0 bridgehead atoms. The largest absolute Gasteiger partial charge is 0.417 e. The van der Waals surface area contributed by atoms with E-state index >= 15 is 0 Å². The fraction of sp³-hybridized carbons (Fsp3) is 0.125. The average Bonchev–Trinajstić information content (AvgIpc) is 2.59. The van der Waals surface area contributed by atoms with Crippen LogP contribution in [0.15, 0.2) is 23.4 Å². The lowest BCUT2D eigenvalue weighted by Crippen LogP contribution is -2.11. The molecule has 92 valence electrons. The van der Waals surface area contributed by atoms with Crippen LogP contribution in [0.25, 0.3) is 11.0 Å². The van der Waals surface area contributed by atoms with Gasteiger partial charge in [0.2, 0.25) is 0 Å². The number of fused-ring (bicyclic) bond motifs is 1. The summed E-state index contributed by atoms with van der Waals surface area (Å²) in [5, 5.41) is 0. The molecule has 1 N–H and O–H groups in total. The quantitative estimate of drug-likeness (QED) is 0.819. The molecule has 0 aliphatic carbocycles. The zero-order valence-electron chi connectivity index (χ0n) is 7.92. The molecule has 0 spiro atoms. The van der Waals surface area contributed by atoms with E-state index in [-0.39, 0.29) is 11.0 Å². The molecule has 1 aromatic carbocycles. The Balaban J connectivity index is 2.95. The predicted octanol–water partition coefficient (Wildman–Crippen LogP) is 2.51. The molecule has 0 saturated heterocycles. The first-order valence-corrected chi connectivity index (χ1v) is 6.50. The van der Waals surface area contributed by atoms with Gasteiger partial charge >= 0.3 is 6.18 Å². The minimum Gasteiger partial charge on any atom is -0.345 e. The first kappa shape index (κ1) is 12.2. The van der Waals surface area contributed by atoms with Crippen molar-refractivity contribution in [3.8, 4) is 0 Å². The molecule has 0 atom stereocenters. The first-order valence-electron chi connectivity index (χ1n) is 4.19. The Morgan fingerprint density at radius 2 is 1.94 bits per heavy atom. The molecular weight excluding hydrogens is 281 g/mol. The monoisotopic (exact) mass is 284 g/mol. The van der Waals surface area contributed by atoms with E-state index in [0.717, 1.165) is 12.4 Å². The van der Waals surface area contributed by atoms with Gasteiger partial charge in [-0.25, -0.2) is 13.4 Å². The maximum atomic E-state index is 12.7. The summed E-state index contributed by atoms with van der Waals surface area (Å²) < 4.78 is 60.4. The molecule has 9 heteroatoms. The van der Waals surface area contributed by atoms with Crippen molar-refractivity contribution in [3.05, 3.63) is 24.0 Å². The van der Waals surface area contributed by atoms with E-state index in [0.29, 0.717) is 6.07 Å². The van der Waals surface area contributed by atoms with Crippen LogP contribution in [0, 0.1) is 0 Å². The first-order chi connectivity index (χ1) is 7.71. The molecule has 1 aromatic heterocycles. The Morgan fingerprint density at radius 1 is 1.29 bits per heavy atom. The summed E-state index contributed by atoms with van der Waals surface area (Å²) in [4.78, 5) is 5.03. The Morgan fingerprint density at radius 3 is 2.47 bits per heavy atom. The molecule has 0 aliphatic rings. The van der Waals surface area contributed by atoms with E-state index in [1.165, 1.54) is 0 Å². The van der Waals surface area contributed by atoms with Gasteiger partial charge in [0.05, 0.1) is 17.4 Å². The summed E-state index contributed by atoms with van der Waals surface area (Å²) in [7, 11) is 0.481. The van der Waals surface area contributed by atoms with Gasteiger partial charge in [0.1, 0.15) is 10.4 Å². The lowest BCUT2D eigenvalue weighted by molar-refractivity contribution is -0.139. The van der Waals surface area contributed by atoms with Gasteiger partial charge in [-0.1, -0.05) is 0 Å². The highest BCUT2D eigenvalue weighted by molar-refractivity contribution is 8.14. The number of nitrogens with one attached hydrogen (secondary N) is 1. The fourth-order valence-electron chi connectivity index (χ4n) is 1.45. The third-order valence-corrected chi connectivity index (χ3v) is 3.46. The van der Waals surface area contributed by atoms with E-state index in [2.05, 4.69) is 9.97 Å². The molecule has 2 rings (SSSR count). The Kier molecular flexibility index (Phi) is 2.58. The summed E-state index contributed by atoms with van der Waals surface area (Å²) in [6, 6.07) is 1.74. The van der Waals surface area contributed by atoms with Crippen molar-refractivity contribution < 1.29 is 21.6 Å². The summed E-state index contributed by atoms with van der Waals surface area (Å²) in [6.07, 6.45) is -3.72. The van der Waals surface area contributed by atoms with E-state index in [1.54, 1.807) is 0 Å². The minimum atomic E-state index is -4.82.